The number of para-hydroxylation sites is 1. The van der Waals surface area contributed by atoms with Crippen LogP contribution >= 0.6 is 0 Å². The number of piperidine rings is 1. The average Bonchev–Trinajstić information content (AvgIpc) is 3.09. The molecule has 3 atom stereocenters. The van der Waals surface area contributed by atoms with Crippen molar-refractivity contribution in [3.63, 3.8) is 0 Å². The smallest absolute Gasteiger partial charge is 0.223 e. The number of benzene rings is 2. The van der Waals surface area contributed by atoms with Gasteiger partial charge in [0.25, 0.3) is 0 Å². The van der Waals surface area contributed by atoms with Crippen molar-refractivity contribution in [1.82, 2.24) is 14.9 Å². The van der Waals surface area contributed by atoms with Crippen LogP contribution < -0.4 is 14.8 Å². The Kier molecular flexibility index (Phi) is 7.83. The Bertz CT molecular complexity index is 1160. The Morgan fingerprint density at radius 2 is 1.83 bits per heavy atom. The number of nitrogens with one attached hydrogen (secondary N) is 2. The van der Waals surface area contributed by atoms with Gasteiger partial charge in [-0.1, -0.05) is 43.3 Å². The molecule has 0 bridgehead atoms. The zero-order valence-corrected chi connectivity index (χ0v) is 21.9. The molecule has 2 heterocycles. The minimum atomic E-state index is -3.48. The molecule has 2 aliphatic rings. The molecular formula is C27H37N3O4S. The summed E-state index contributed by atoms with van der Waals surface area (Å²) in [5, 5.41) is 2.49. The molecule has 0 spiro atoms. The fourth-order valence-electron chi connectivity index (χ4n) is 5.34. The van der Waals surface area contributed by atoms with Crippen LogP contribution in [0.4, 0.5) is 0 Å². The number of hydrogen-bond donors (Lipinski definition) is 2. The van der Waals surface area contributed by atoms with Crippen LogP contribution in [0.2, 0.25) is 0 Å². The van der Waals surface area contributed by atoms with Crippen molar-refractivity contribution < 1.29 is 17.9 Å². The highest BCUT2D eigenvalue weighted by molar-refractivity contribution is 7.90. The number of hydrogen-bond acceptors (Lipinski definition) is 5. The summed E-state index contributed by atoms with van der Waals surface area (Å²) in [5.74, 6) is 0.673. The number of carbonyl (C=O) groups excluding carboxylic acids is 1. The zero-order valence-electron chi connectivity index (χ0n) is 21.1. The number of rotatable bonds is 7. The van der Waals surface area contributed by atoms with Crippen LogP contribution in [-0.4, -0.2) is 45.1 Å². The number of ether oxygens (including phenoxy) is 1. The molecule has 7 nitrogen and oxygen atoms in total. The fraction of sp³-hybridized carbons (Fsp3) is 0.519. The van der Waals surface area contributed by atoms with E-state index in [0.29, 0.717) is 39.1 Å². The van der Waals surface area contributed by atoms with Crippen molar-refractivity contribution in [3.8, 4) is 5.75 Å². The van der Waals surface area contributed by atoms with Gasteiger partial charge in [-0.25, -0.2) is 8.42 Å². The maximum atomic E-state index is 13.1. The highest BCUT2D eigenvalue weighted by atomic mass is 32.2. The van der Waals surface area contributed by atoms with E-state index in [9.17, 15) is 13.2 Å². The third-order valence-electron chi connectivity index (χ3n) is 7.47. The van der Waals surface area contributed by atoms with Gasteiger partial charge in [0.05, 0.1) is 12.8 Å². The van der Waals surface area contributed by atoms with E-state index >= 15 is 0 Å². The van der Waals surface area contributed by atoms with Crippen molar-refractivity contribution in [2.75, 3.05) is 19.7 Å². The van der Waals surface area contributed by atoms with Crippen LogP contribution in [0.3, 0.4) is 0 Å². The highest BCUT2D eigenvalue weighted by Gasteiger charge is 2.48. The van der Waals surface area contributed by atoms with Crippen LogP contribution in [0.1, 0.15) is 54.2 Å². The number of carbonyl (C=O) groups is 1. The summed E-state index contributed by atoms with van der Waals surface area (Å²) in [4.78, 5) is 15.0. The topological polar surface area (TPSA) is 87.7 Å². The number of aryl methyl sites for hydroxylation is 2. The van der Waals surface area contributed by atoms with Crippen molar-refractivity contribution >= 4 is 15.9 Å². The van der Waals surface area contributed by atoms with Crippen LogP contribution in [0.5, 0.6) is 5.75 Å². The molecule has 4 rings (SSSR count). The van der Waals surface area contributed by atoms with E-state index in [1.54, 1.807) is 0 Å². The van der Waals surface area contributed by atoms with Crippen molar-refractivity contribution in [1.29, 1.82) is 0 Å². The van der Waals surface area contributed by atoms with E-state index in [0.717, 1.165) is 28.0 Å². The maximum absolute atomic E-state index is 13.1. The molecule has 2 fully saturated rings. The number of amides is 1. The van der Waals surface area contributed by atoms with Gasteiger partial charge < -0.3 is 10.1 Å². The first-order valence-electron chi connectivity index (χ1n) is 12.5. The van der Waals surface area contributed by atoms with Crippen LogP contribution in [0, 0.1) is 25.7 Å². The molecule has 0 aliphatic carbocycles. The summed E-state index contributed by atoms with van der Waals surface area (Å²) < 4.78 is 34.7. The molecule has 2 aliphatic heterocycles. The second-order valence-corrected chi connectivity index (χ2v) is 11.6. The van der Waals surface area contributed by atoms with Gasteiger partial charge in [-0.2, -0.15) is 4.72 Å². The van der Waals surface area contributed by atoms with E-state index in [-0.39, 0.29) is 23.9 Å². The van der Waals surface area contributed by atoms with Gasteiger partial charge in [0.1, 0.15) is 11.0 Å². The molecular weight excluding hydrogens is 462 g/mol. The second-order valence-electron chi connectivity index (χ2n) is 9.80. The molecule has 0 radical (unpaired) electrons. The highest BCUT2D eigenvalue weighted by Crippen LogP contribution is 2.40. The minimum Gasteiger partial charge on any atom is -0.494 e. The summed E-state index contributed by atoms with van der Waals surface area (Å²) >= 11 is 0. The molecule has 3 unspecified atom stereocenters. The maximum Gasteiger partial charge on any atom is 0.223 e. The lowest BCUT2D eigenvalue weighted by Gasteiger charge is -2.37. The molecule has 2 saturated heterocycles. The van der Waals surface area contributed by atoms with Gasteiger partial charge in [-0.3, -0.25) is 9.69 Å². The Morgan fingerprint density at radius 3 is 2.51 bits per heavy atom. The van der Waals surface area contributed by atoms with Crippen molar-refractivity contribution in [3.05, 3.63) is 64.7 Å². The lowest BCUT2D eigenvalue weighted by atomic mass is 9.91. The molecule has 1 amide bonds. The van der Waals surface area contributed by atoms with E-state index in [1.165, 1.54) is 0 Å². The zero-order chi connectivity index (χ0) is 25.2. The van der Waals surface area contributed by atoms with E-state index in [4.69, 9.17) is 4.74 Å². The Balaban J connectivity index is 1.35. The molecule has 0 saturated carbocycles. The van der Waals surface area contributed by atoms with Crippen LogP contribution in [0.25, 0.3) is 0 Å². The predicted octanol–water partition coefficient (Wildman–Crippen LogP) is 3.67. The first kappa shape index (κ1) is 25.7. The summed E-state index contributed by atoms with van der Waals surface area (Å²) in [6.45, 7) is 10.4. The largest absolute Gasteiger partial charge is 0.494 e. The van der Waals surface area contributed by atoms with Gasteiger partial charge in [0.15, 0.2) is 0 Å². The first-order valence-corrected chi connectivity index (χ1v) is 14.1. The molecule has 35 heavy (non-hydrogen) atoms. The minimum absolute atomic E-state index is 0.0454. The number of likely N-dealkylation sites (tertiary alicyclic amines) is 1. The summed E-state index contributed by atoms with van der Waals surface area (Å²) in [6, 6.07) is 13.7. The quantitative estimate of drug-likeness (QED) is 0.607. The standard InChI is InChI=1S/C27H37N3O4S/c1-5-34-24-9-7-6-8-23(24)17-28-27(31)21-12-14-30(15-13-21)26-20(4)25(35(32,33)29-26)22-11-10-18(2)19(3)16-22/h6-11,16,20-21,25-26,29H,5,12-15,17H2,1-4H3,(H,28,31). The number of nitrogens with zero attached hydrogens (tertiary/aromatic N) is 1. The Labute approximate surface area is 209 Å². The third kappa shape index (κ3) is 5.55. The summed E-state index contributed by atoms with van der Waals surface area (Å²) in [5.41, 5.74) is 4.07. The van der Waals surface area contributed by atoms with Gasteiger partial charge in [-0.15, -0.1) is 0 Å². The average molecular weight is 500 g/mol. The lowest BCUT2D eigenvalue weighted by Crippen LogP contribution is -2.50. The Hall–Kier alpha value is -2.42. The first-order chi connectivity index (χ1) is 16.7. The summed E-state index contributed by atoms with van der Waals surface area (Å²) in [6.07, 6.45) is 1.16. The lowest BCUT2D eigenvalue weighted by molar-refractivity contribution is -0.126. The molecule has 8 heteroatoms. The third-order valence-corrected chi connectivity index (χ3v) is 9.41. The monoisotopic (exact) mass is 499 g/mol. The van der Waals surface area contributed by atoms with Crippen molar-refractivity contribution in [2.45, 2.75) is 58.5 Å². The van der Waals surface area contributed by atoms with E-state index in [2.05, 4.69) is 14.9 Å². The fourth-order valence-corrected chi connectivity index (χ4v) is 7.41. The normalized spacial score (nSPS) is 24.9. The van der Waals surface area contributed by atoms with Crippen LogP contribution in [-0.2, 0) is 21.4 Å². The van der Waals surface area contributed by atoms with Gasteiger partial charge in [0, 0.05) is 37.0 Å². The SMILES string of the molecule is CCOc1ccccc1CNC(=O)C1CCN(C2NS(=O)(=O)C(c3ccc(C)c(C)c3)C2C)CC1. The second kappa shape index (κ2) is 10.7. The molecule has 2 aromatic carbocycles. The van der Waals surface area contributed by atoms with Gasteiger partial charge >= 0.3 is 0 Å². The van der Waals surface area contributed by atoms with E-state index in [1.807, 2.05) is 70.2 Å². The Morgan fingerprint density at radius 1 is 1.11 bits per heavy atom. The number of sulfonamides is 1. The van der Waals surface area contributed by atoms with Crippen LogP contribution in [0.15, 0.2) is 42.5 Å². The van der Waals surface area contributed by atoms with Gasteiger partial charge in [-0.05, 0) is 56.4 Å². The van der Waals surface area contributed by atoms with Gasteiger partial charge in [0.2, 0.25) is 15.9 Å². The molecule has 0 aromatic heterocycles. The molecule has 2 aromatic rings. The molecule has 190 valence electrons. The predicted molar refractivity (Wildman–Crippen MR) is 137 cm³/mol. The summed E-state index contributed by atoms with van der Waals surface area (Å²) in [7, 11) is -3.48. The van der Waals surface area contributed by atoms with Crippen molar-refractivity contribution in [2.24, 2.45) is 11.8 Å². The molecule has 2 N–H and O–H groups in total. The van der Waals surface area contributed by atoms with E-state index < -0.39 is 15.3 Å².